The number of aryl methyl sites for hydroxylation is 2. The van der Waals surface area contributed by atoms with Crippen molar-refractivity contribution in [1.82, 2.24) is 30.8 Å². The van der Waals surface area contributed by atoms with Crippen molar-refractivity contribution in [1.29, 1.82) is 0 Å². The number of aliphatic imine (C=N–C) groups is 1. The van der Waals surface area contributed by atoms with Crippen LogP contribution in [0.4, 0.5) is 4.39 Å². The van der Waals surface area contributed by atoms with Gasteiger partial charge in [-0.25, -0.2) is 4.39 Å². The topological polar surface area (TPSA) is 113 Å². The van der Waals surface area contributed by atoms with E-state index in [9.17, 15) is 4.39 Å². The van der Waals surface area contributed by atoms with Gasteiger partial charge in [0.2, 0.25) is 11.8 Å². The second-order valence-corrected chi connectivity index (χ2v) is 10.6. The smallest absolute Gasteiger partial charge is 0.244 e. The highest BCUT2D eigenvalue weighted by molar-refractivity contribution is 5.91. The molecule has 218 valence electrons. The van der Waals surface area contributed by atoms with Crippen molar-refractivity contribution in [2.45, 2.75) is 77.9 Å². The first-order chi connectivity index (χ1) is 19.9. The van der Waals surface area contributed by atoms with Gasteiger partial charge in [0.25, 0.3) is 0 Å². The number of amidine groups is 1. The van der Waals surface area contributed by atoms with Gasteiger partial charge in [0.1, 0.15) is 11.7 Å². The standard InChI is InChI=1S/C31H40FN7O2/c1-6-9-16-40-18-31(30-39-38-27(7-2)41-30)28-22(21-12-10-11-13-25(21)36-28)17-26(37-31)29(33-8-3)35-20(5)24-15-14-23(32)19(4)34-24/h10-15,20,26,36-37H,6-9,16-18H2,1-5H3,(H,33,35)/t20?,26-,31?/m1/s1. The van der Waals surface area contributed by atoms with E-state index in [1.54, 1.807) is 13.0 Å². The van der Waals surface area contributed by atoms with Crippen LogP contribution < -0.4 is 10.6 Å². The zero-order chi connectivity index (χ0) is 29.0. The zero-order valence-electron chi connectivity index (χ0n) is 24.6. The second kappa shape index (κ2) is 12.5. The van der Waals surface area contributed by atoms with Gasteiger partial charge in [0, 0.05) is 30.5 Å². The van der Waals surface area contributed by atoms with E-state index in [2.05, 4.69) is 55.9 Å². The van der Waals surface area contributed by atoms with Crippen molar-refractivity contribution < 1.29 is 13.5 Å². The van der Waals surface area contributed by atoms with Crippen molar-refractivity contribution in [3.05, 3.63) is 76.6 Å². The maximum absolute atomic E-state index is 13.9. The number of unbranched alkanes of at least 4 members (excludes halogenated alkanes) is 1. The highest BCUT2D eigenvalue weighted by Crippen LogP contribution is 2.40. The number of nitrogens with one attached hydrogen (secondary N) is 3. The average Bonchev–Trinajstić information content (AvgIpc) is 3.62. The van der Waals surface area contributed by atoms with Gasteiger partial charge in [0.15, 0.2) is 5.54 Å². The number of hydrogen-bond donors (Lipinski definition) is 3. The van der Waals surface area contributed by atoms with Crippen molar-refractivity contribution in [2.75, 3.05) is 19.8 Å². The fraction of sp³-hybridized carbons (Fsp3) is 0.484. The molecule has 3 aromatic heterocycles. The summed E-state index contributed by atoms with van der Waals surface area (Å²) >= 11 is 0. The van der Waals surface area contributed by atoms with Gasteiger partial charge in [-0.2, -0.15) is 0 Å². The molecule has 1 aliphatic rings. The van der Waals surface area contributed by atoms with Gasteiger partial charge in [-0.1, -0.05) is 38.5 Å². The minimum absolute atomic E-state index is 0.198. The Bertz CT molecular complexity index is 1510. The van der Waals surface area contributed by atoms with Crippen molar-refractivity contribution >= 4 is 16.7 Å². The van der Waals surface area contributed by atoms with Crippen LogP contribution in [0.15, 0.2) is 45.8 Å². The minimum atomic E-state index is -0.921. The van der Waals surface area contributed by atoms with E-state index in [1.165, 1.54) is 6.07 Å². The lowest BCUT2D eigenvalue weighted by Crippen LogP contribution is -2.61. The number of fused-ring (bicyclic) bond motifs is 3. The van der Waals surface area contributed by atoms with E-state index in [0.717, 1.165) is 46.5 Å². The normalized spacial score (nSPS) is 19.9. The summed E-state index contributed by atoms with van der Waals surface area (Å²) in [5.41, 5.74) is 3.36. The lowest BCUT2D eigenvalue weighted by molar-refractivity contribution is 0.0614. The molecule has 4 aromatic rings. The number of halogens is 1. The summed E-state index contributed by atoms with van der Waals surface area (Å²) in [5.74, 6) is 1.50. The monoisotopic (exact) mass is 561 g/mol. The molecule has 0 bridgehead atoms. The predicted octanol–water partition coefficient (Wildman–Crippen LogP) is 5.30. The summed E-state index contributed by atoms with van der Waals surface area (Å²) < 4.78 is 26.5. The molecule has 0 saturated heterocycles. The van der Waals surface area contributed by atoms with Crippen LogP contribution in [0.25, 0.3) is 10.9 Å². The molecule has 1 aromatic carbocycles. The SMILES string of the molecule is CCCCOCC1(c2nnc(CC)o2)N[C@@H](C(=NCC)NC(C)c2ccc(F)c(C)n2)Cc2c1[nH]c1ccccc21. The van der Waals surface area contributed by atoms with Crippen LogP contribution in [0.1, 0.15) is 81.0 Å². The number of para-hydroxylation sites is 1. The van der Waals surface area contributed by atoms with E-state index in [-0.39, 0.29) is 17.9 Å². The second-order valence-electron chi connectivity index (χ2n) is 10.6. The number of H-pyrrole nitrogens is 1. The summed E-state index contributed by atoms with van der Waals surface area (Å²) in [6, 6.07) is 11.1. The Morgan fingerprint density at radius 3 is 2.78 bits per heavy atom. The van der Waals surface area contributed by atoms with E-state index in [1.807, 2.05) is 26.8 Å². The third-order valence-corrected chi connectivity index (χ3v) is 7.67. The molecule has 41 heavy (non-hydrogen) atoms. The summed E-state index contributed by atoms with van der Waals surface area (Å²) in [6.07, 6.45) is 3.30. The molecule has 1 aliphatic heterocycles. The zero-order valence-corrected chi connectivity index (χ0v) is 24.6. The Morgan fingerprint density at radius 2 is 2.05 bits per heavy atom. The van der Waals surface area contributed by atoms with E-state index in [4.69, 9.17) is 14.1 Å². The number of aromatic nitrogens is 4. The highest BCUT2D eigenvalue weighted by atomic mass is 19.1. The largest absolute Gasteiger partial charge is 0.423 e. The molecule has 0 fully saturated rings. The van der Waals surface area contributed by atoms with Gasteiger partial charge >= 0.3 is 0 Å². The van der Waals surface area contributed by atoms with Crippen LogP contribution in [0.3, 0.4) is 0 Å². The first-order valence-electron chi connectivity index (χ1n) is 14.6. The maximum Gasteiger partial charge on any atom is 0.244 e. The molecule has 9 nitrogen and oxygen atoms in total. The fourth-order valence-electron chi connectivity index (χ4n) is 5.48. The molecule has 5 rings (SSSR count). The number of ether oxygens (including phenoxy) is 1. The summed E-state index contributed by atoms with van der Waals surface area (Å²) in [5, 5.41) is 17.4. The van der Waals surface area contributed by atoms with Crippen LogP contribution in [0, 0.1) is 12.7 Å². The van der Waals surface area contributed by atoms with Gasteiger partial charge in [-0.05, 0) is 57.4 Å². The van der Waals surface area contributed by atoms with Crippen LogP contribution in [-0.4, -0.2) is 51.8 Å². The third-order valence-electron chi connectivity index (χ3n) is 7.67. The van der Waals surface area contributed by atoms with E-state index in [0.29, 0.717) is 50.1 Å². The number of hydrogen-bond acceptors (Lipinski definition) is 7. The maximum atomic E-state index is 13.9. The Labute approximate surface area is 240 Å². The van der Waals surface area contributed by atoms with Gasteiger partial charge in [0.05, 0.1) is 35.8 Å². The minimum Gasteiger partial charge on any atom is -0.423 e. The van der Waals surface area contributed by atoms with E-state index >= 15 is 0 Å². The van der Waals surface area contributed by atoms with Crippen molar-refractivity contribution in [3.63, 3.8) is 0 Å². The molecule has 0 spiro atoms. The van der Waals surface area contributed by atoms with Crippen molar-refractivity contribution in [2.24, 2.45) is 4.99 Å². The van der Waals surface area contributed by atoms with Crippen LogP contribution in [0.5, 0.6) is 0 Å². The first kappa shape index (κ1) is 28.9. The number of aromatic amines is 1. The summed E-state index contributed by atoms with van der Waals surface area (Å²) in [4.78, 5) is 13.0. The molecule has 0 radical (unpaired) electrons. The van der Waals surface area contributed by atoms with Gasteiger partial charge in [-0.15, -0.1) is 10.2 Å². The van der Waals surface area contributed by atoms with Crippen LogP contribution >= 0.6 is 0 Å². The average molecular weight is 562 g/mol. The Hall–Kier alpha value is -3.63. The first-order valence-corrected chi connectivity index (χ1v) is 14.6. The summed E-state index contributed by atoms with van der Waals surface area (Å²) in [6.45, 7) is 11.4. The molecule has 3 N–H and O–H groups in total. The number of benzene rings is 1. The molecule has 0 aliphatic carbocycles. The molecule has 10 heteroatoms. The molecule has 3 atom stereocenters. The molecule has 0 amide bonds. The molecule has 2 unspecified atom stereocenters. The Kier molecular flexibility index (Phi) is 8.79. The van der Waals surface area contributed by atoms with Crippen LogP contribution in [-0.2, 0) is 23.1 Å². The predicted molar refractivity (Wildman–Crippen MR) is 158 cm³/mol. The lowest BCUT2D eigenvalue weighted by atomic mass is 9.83. The van der Waals surface area contributed by atoms with Crippen molar-refractivity contribution in [3.8, 4) is 0 Å². The molecular weight excluding hydrogens is 521 g/mol. The fourth-order valence-corrected chi connectivity index (χ4v) is 5.48. The Morgan fingerprint density at radius 1 is 1.22 bits per heavy atom. The lowest BCUT2D eigenvalue weighted by Gasteiger charge is -2.40. The third kappa shape index (κ3) is 5.76. The molecule has 0 saturated carbocycles. The van der Waals surface area contributed by atoms with Gasteiger partial charge in [-0.3, -0.25) is 15.3 Å². The highest BCUT2D eigenvalue weighted by Gasteiger charge is 2.49. The Balaban J connectivity index is 1.59. The quantitative estimate of drug-likeness (QED) is 0.129. The van der Waals surface area contributed by atoms with Crippen LogP contribution in [0.2, 0.25) is 0 Å². The summed E-state index contributed by atoms with van der Waals surface area (Å²) in [7, 11) is 0. The molecule has 4 heterocycles. The number of nitrogens with zero attached hydrogens (tertiary/aromatic N) is 4. The van der Waals surface area contributed by atoms with Gasteiger partial charge < -0.3 is 19.5 Å². The molecular formula is C31H40FN7O2. The number of rotatable bonds is 11. The van der Waals surface area contributed by atoms with E-state index < -0.39 is 5.54 Å². The number of pyridine rings is 1.